The second-order valence-electron chi connectivity index (χ2n) is 4.18. The Bertz CT molecular complexity index is 520. The summed E-state index contributed by atoms with van der Waals surface area (Å²) in [7, 11) is 0. The summed E-state index contributed by atoms with van der Waals surface area (Å²) in [6.45, 7) is 1.99. The van der Waals surface area contributed by atoms with Gasteiger partial charge < -0.3 is 9.67 Å². The third-order valence-electron chi connectivity index (χ3n) is 2.98. The Morgan fingerprint density at radius 1 is 1.39 bits per heavy atom. The molecular formula is C14H16N2O2. The fourth-order valence-corrected chi connectivity index (χ4v) is 2.06. The van der Waals surface area contributed by atoms with Gasteiger partial charge in [-0.2, -0.15) is 0 Å². The van der Waals surface area contributed by atoms with Gasteiger partial charge in [0, 0.05) is 24.0 Å². The van der Waals surface area contributed by atoms with E-state index in [-0.39, 0.29) is 12.5 Å². The monoisotopic (exact) mass is 244 g/mol. The Kier molecular flexibility index (Phi) is 3.77. The van der Waals surface area contributed by atoms with Gasteiger partial charge in [-0.15, -0.1) is 0 Å². The number of nitrogens with zero attached hydrogens (tertiary/aromatic N) is 2. The highest BCUT2D eigenvalue weighted by molar-refractivity contribution is 5.67. The van der Waals surface area contributed by atoms with Crippen LogP contribution in [0.1, 0.15) is 25.8 Å². The van der Waals surface area contributed by atoms with Gasteiger partial charge in [-0.1, -0.05) is 37.3 Å². The van der Waals surface area contributed by atoms with Gasteiger partial charge in [0.1, 0.15) is 5.82 Å². The maximum Gasteiger partial charge on any atom is 0.305 e. The second kappa shape index (κ2) is 5.49. The van der Waals surface area contributed by atoms with E-state index < -0.39 is 5.97 Å². The van der Waals surface area contributed by atoms with E-state index in [1.165, 1.54) is 0 Å². The van der Waals surface area contributed by atoms with Crippen LogP contribution in [0.4, 0.5) is 0 Å². The van der Waals surface area contributed by atoms with Crippen LogP contribution in [-0.4, -0.2) is 20.6 Å². The second-order valence-corrected chi connectivity index (χ2v) is 4.18. The zero-order valence-corrected chi connectivity index (χ0v) is 10.3. The Morgan fingerprint density at radius 3 is 2.72 bits per heavy atom. The highest BCUT2D eigenvalue weighted by Crippen LogP contribution is 2.24. The predicted molar refractivity (Wildman–Crippen MR) is 69.2 cm³/mol. The maximum atomic E-state index is 10.9. The first kappa shape index (κ1) is 12.4. The van der Waals surface area contributed by atoms with Crippen LogP contribution in [0, 0.1) is 0 Å². The maximum absolute atomic E-state index is 10.9. The number of carbonyl (C=O) groups is 1. The van der Waals surface area contributed by atoms with Crippen molar-refractivity contribution in [3.63, 3.8) is 0 Å². The molecule has 0 aliphatic heterocycles. The van der Waals surface area contributed by atoms with Crippen molar-refractivity contribution < 1.29 is 9.90 Å². The van der Waals surface area contributed by atoms with Crippen molar-refractivity contribution >= 4 is 5.97 Å². The molecule has 0 bridgehead atoms. The Labute approximate surface area is 106 Å². The summed E-state index contributed by atoms with van der Waals surface area (Å²) in [5.41, 5.74) is 1.01. The van der Waals surface area contributed by atoms with E-state index in [1.54, 1.807) is 6.20 Å². The van der Waals surface area contributed by atoms with Gasteiger partial charge in [0.05, 0.1) is 6.42 Å². The zero-order valence-electron chi connectivity index (χ0n) is 10.3. The summed E-state index contributed by atoms with van der Waals surface area (Å²) in [6.07, 6.45) is 4.45. The summed E-state index contributed by atoms with van der Waals surface area (Å²) >= 11 is 0. The zero-order chi connectivity index (χ0) is 13.0. The van der Waals surface area contributed by atoms with Crippen LogP contribution in [0.2, 0.25) is 0 Å². The number of aromatic nitrogens is 2. The summed E-state index contributed by atoms with van der Waals surface area (Å²) in [6, 6.07) is 9.75. The Hall–Kier alpha value is -2.10. The van der Waals surface area contributed by atoms with E-state index in [0.29, 0.717) is 0 Å². The van der Waals surface area contributed by atoms with Crippen LogP contribution in [0.5, 0.6) is 0 Å². The molecule has 0 amide bonds. The van der Waals surface area contributed by atoms with Gasteiger partial charge >= 0.3 is 5.97 Å². The predicted octanol–water partition coefficient (Wildman–Crippen LogP) is 2.98. The first-order chi connectivity index (χ1) is 8.72. The van der Waals surface area contributed by atoms with E-state index >= 15 is 0 Å². The Balaban J connectivity index is 2.35. The quantitative estimate of drug-likeness (QED) is 0.879. The van der Waals surface area contributed by atoms with Crippen molar-refractivity contribution in [3.05, 3.63) is 42.7 Å². The molecule has 0 aliphatic rings. The lowest BCUT2D eigenvalue weighted by molar-refractivity contribution is -0.137. The molecular weight excluding hydrogens is 228 g/mol. The molecule has 0 radical (unpaired) electrons. The minimum absolute atomic E-state index is 0.0554. The van der Waals surface area contributed by atoms with Gasteiger partial charge in [-0.25, -0.2) is 4.98 Å². The van der Waals surface area contributed by atoms with Crippen molar-refractivity contribution in [2.45, 2.75) is 25.8 Å². The van der Waals surface area contributed by atoms with E-state index in [9.17, 15) is 4.79 Å². The lowest BCUT2D eigenvalue weighted by atomic mass is 10.1. The molecule has 1 N–H and O–H groups in total. The molecule has 1 atom stereocenters. The first-order valence-corrected chi connectivity index (χ1v) is 6.02. The topological polar surface area (TPSA) is 55.1 Å². The number of rotatable bonds is 5. The summed E-state index contributed by atoms with van der Waals surface area (Å²) in [5.74, 6) is 0.0401. The lowest BCUT2D eigenvalue weighted by Crippen LogP contribution is -2.13. The SMILES string of the molecule is CCC(CC(=O)O)n1ccnc1-c1ccccc1. The van der Waals surface area contributed by atoms with E-state index in [1.807, 2.05) is 48.0 Å². The standard InChI is InChI=1S/C14H16N2O2/c1-2-12(10-13(17)18)16-9-8-15-14(16)11-6-4-3-5-7-11/h3-9,12H,2,10H2,1H3,(H,17,18). The molecule has 4 heteroatoms. The minimum Gasteiger partial charge on any atom is -0.481 e. The molecule has 18 heavy (non-hydrogen) atoms. The van der Waals surface area contributed by atoms with Crippen LogP contribution in [-0.2, 0) is 4.79 Å². The molecule has 1 unspecified atom stereocenters. The molecule has 0 aliphatic carbocycles. The molecule has 0 saturated carbocycles. The fraction of sp³-hybridized carbons (Fsp3) is 0.286. The number of hydrogen-bond donors (Lipinski definition) is 1. The third-order valence-corrected chi connectivity index (χ3v) is 2.98. The molecule has 2 rings (SSSR count). The number of aliphatic carboxylic acids is 1. The fourth-order valence-electron chi connectivity index (χ4n) is 2.06. The molecule has 2 aromatic rings. The van der Waals surface area contributed by atoms with Gasteiger partial charge in [-0.05, 0) is 6.42 Å². The summed E-state index contributed by atoms with van der Waals surface area (Å²) < 4.78 is 1.95. The van der Waals surface area contributed by atoms with Gasteiger partial charge in [0.15, 0.2) is 0 Å². The van der Waals surface area contributed by atoms with Crippen molar-refractivity contribution in [1.82, 2.24) is 9.55 Å². The van der Waals surface area contributed by atoms with Crippen LogP contribution in [0.25, 0.3) is 11.4 Å². The third kappa shape index (κ3) is 2.59. The van der Waals surface area contributed by atoms with E-state index in [2.05, 4.69) is 4.98 Å². The average Bonchev–Trinajstić information content (AvgIpc) is 2.86. The van der Waals surface area contributed by atoms with Gasteiger partial charge in [0.2, 0.25) is 0 Å². The molecule has 4 nitrogen and oxygen atoms in total. The van der Waals surface area contributed by atoms with Crippen molar-refractivity contribution in [3.8, 4) is 11.4 Å². The molecule has 0 spiro atoms. The van der Waals surface area contributed by atoms with Crippen LogP contribution >= 0.6 is 0 Å². The smallest absolute Gasteiger partial charge is 0.305 e. The van der Waals surface area contributed by atoms with Crippen molar-refractivity contribution in [2.75, 3.05) is 0 Å². The van der Waals surface area contributed by atoms with E-state index in [4.69, 9.17) is 5.11 Å². The van der Waals surface area contributed by atoms with Crippen LogP contribution < -0.4 is 0 Å². The number of hydrogen-bond acceptors (Lipinski definition) is 2. The highest BCUT2D eigenvalue weighted by atomic mass is 16.4. The number of carboxylic acid groups (broad SMARTS) is 1. The Morgan fingerprint density at radius 2 is 2.11 bits per heavy atom. The largest absolute Gasteiger partial charge is 0.481 e. The van der Waals surface area contributed by atoms with Crippen LogP contribution in [0.15, 0.2) is 42.7 Å². The number of benzene rings is 1. The normalized spacial score (nSPS) is 12.3. The van der Waals surface area contributed by atoms with Crippen molar-refractivity contribution in [2.24, 2.45) is 0 Å². The molecule has 1 heterocycles. The molecule has 1 aromatic carbocycles. The van der Waals surface area contributed by atoms with Crippen molar-refractivity contribution in [1.29, 1.82) is 0 Å². The van der Waals surface area contributed by atoms with Gasteiger partial charge in [-0.3, -0.25) is 4.79 Å². The molecule has 94 valence electrons. The molecule has 0 saturated heterocycles. The molecule has 0 fully saturated rings. The lowest BCUT2D eigenvalue weighted by Gasteiger charge is -2.17. The van der Waals surface area contributed by atoms with E-state index in [0.717, 1.165) is 17.8 Å². The van der Waals surface area contributed by atoms with Gasteiger partial charge in [0.25, 0.3) is 0 Å². The average molecular weight is 244 g/mol. The first-order valence-electron chi connectivity index (χ1n) is 6.02. The molecule has 1 aromatic heterocycles. The highest BCUT2D eigenvalue weighted by Gasteiger charge is 2.16. The number of carboxylic acids is 1. The summed E-state index contributed by atoms with van der Waals surface area (Å²) in [5, 5.41) is 8.94. The van der Waals surface area contributed by atoms with Crippen LogP contribution in [0.3, 0.4) is 0 Å². The number of imidazole rings is 1. The summed E-state index contributed by atoms with van der Waals surface area (Å²) in [4.78, 5) is 15.2. The minimum atomic E-state index is -0.783.